The van der Waals surface area contributed by atoms with Gasteiger partial charge in [0.2, 0.25) is 5.76 Å². The van der Waals surface area contributed by atoms with E-state index in [1.807, 2.05) is 24.3 Å². The van der Waals surface area contributed by atoms with Crippen LogP contribution in [0.2, 0.25) is 0 Å². The van der Waals surface area contributed by atoms with Crippen LogP contribution in [0, 0.1) is 11.8 Å². The minimum absolute atomic E-state index is 0.178. The summed E-state index contributed by atoms with van der Waals surface area (Å²) in [5, 5.41) is 47.2. The fourth-order valence-corrected chi connectivity index (χ4v) is 5.27. The number of aliphatic hydroxyl groups excluding tert-OH is 5. The SMILES string of the molecule is C=C[C@H]1CN2CC[C@H]1C[C@@H]2[C@@H](O)c1ccnc2ccc(OC)cc12.O=C1O[C@H]([C@@H](O)CO)C(O)=C1O. The van der Waals surface area contributed by atoms with E-state index in [1.165, 1.54) is 6.42 Å². The summed E-state index contributed by atoms with van der Waals surface area (Å²) < 4.78 is 9.67. The molecule has 1 aromatic carbocycles. The van der Waals surface area contributed by atoms with Crippen LogP contribution in [0.25, 0.3) is 10.9 Å². The Morgan fingerprint density at radius 1 is 1.31 bits per heavy atom. The molecule has 3 fully saturated rings. The number of hydrogen-bond donors (Lipinski definition) is 5. The third kappa shape index (κ3) is 4.90. The van der Waals surface area contributed by atoms with Gasteiger partial charge < -0.3 is 35.0 Å². The lowest BCUT2D eigenvalue weighted by Crippen LogP contribution is -2.54. The first-order valence-electron chi connectivity index (χ1n) is 11.9. The summed E-state index contributed by atoms with van der Waals surface area (Å²) in [6.45, 7) is 5.40. The highest BCUT2D eigenvalue weighted by atomic mass is 16.6. The van der Waals surface area contributed by atoms with Gasteiger partial charge in [0, 0.05) is 24.2 Å². The third-order valence-corrected chi connectivity index (χ3v) is 7.30. The van der Waals surface area contributed by atoms with Gasteiger partial charge in [-0.15, -0.1) is 6.58 Å². The van der Waals surface area contributed by atoms with Crippen LogP contribution in [0.4, 0.5) is 0 Å². The number of hydrogen-bond acceptors (Lipinski definition) is 10. The molecule has 36 heavy (non-hydrogen) atoms. The van der Waals surface area contributed by atoms with Crippen molar-refractivity contribution in [3.8, 4) is 5.75 Å². The van der Waals surface area contributed by atoms with Gasteiger partial charge >= 0.3 is 5.97 Å². The molecule has 10 nitrogen and oxygen atoms in total. The van der Waals surface area contributed by atoms with Crippen LogP contribution in [0.15, 0.2) is 54.6 Å². The van der Waals surface area contributed by atoms with Gasteiger partial charge in [0.05, 0.1) is 25.3 Å². The molecule has 4 aliphatic heterocycles. The summed E-state index contributed by atoms with van der Waals surface area (Å²) in [6.07, 6.45) is 2.84. The second-order valence-electron chi connectivity index (χ2n) is 9.28. The number of rotatable bonds is 6. The molecule has 6 rings (SSSR count). The van der Waals surface area contributed by atoms with E-state index in [-0.39, 0.29) is 6.04 Å². The van der Waals surface area contributed by atoms with E-state index >= 15 is 0 Å². The van der Waals surface area contributed by atoms with Crippen molar-refractivity contribution in [3.05, 3.63) is 60.2 Å². The molecule has 0 saturated carbocycles. The Hall–Kier alpha value is -3.18. The van der Waals surface area contributed by atoms with Crippen LogP contribution < -0.4 is 4.74 Å². The summed E-state index contributed by atoms with van der Waals surface area (Å²) in [5.41, 5.74) is 1.85. The maximum atomic E-state index is 11.2. The van der Waals surface area contributed by atoms with E-state index in [1.54, 1.807) is 13.3 Å². The summed E-state index contributed by atoms with van der Waals surface area (Å²) in [7, 11) is 1.66. The zero-order valence-corrected chi connectivity index (χ0v) is 20.0. The van der Waals surface area contributed by atoms with E-state index in [0.717, 1.165) is 41.7 Å². The van der Waals surface area contributed by atoms with Crippen LogP contribution in [0.5, 0.6) is 5.75 Å². The summed E-state index contributed by atoms with van der Waals surface area (Å²) in [4.78, 5) is 17.4. The molecule has 0 radical (unpaired) electrons. The molecule has 4 aliphatic rings. The summed E-state index contributed by atoms with van der Waals surface area (Å²) >= 11 is 0. The van der Waals surface area contributed by atoms with Gasteiger partial charge in [0.25, 0.3) is 0 Å². The number of cyclic esters (lactones) is 1. The van der Waals surface area contributed by atoms with Crippen LogP contribution in [0.1, 0.15) is 24.5 Å². The van der Waals surface area contributed by atoms with Crippen molar-refractivity contribution in [1.82, 2.24) is 9.88 Å². The van der Waals surface area contributed by atoms with E-state index < -0.39 is 42.4 Å². The number of aromatic nitrogens is 1. The molecule has 2 bridgehead atoms. The first-order valence-corrected chi connectivity index (χ1v) is 11.9. The fraction of sp³-hybridized carbons (Fsp3) is 0.462. The number of aliphatic hydroxyl groups is 5. The van der Waals surface area contributed by atoms with Gasteiger partial charge in [-0.3, -0.25) is 9.88 Å². The summed E-state index contributed by atoms with van der Waals surface area (Å²) in [5.74, 6) is -0.772. The number of fused-ring (bicyclic) bond motifs is 4. The molecule has 0 amide bonds. The average Bonchev–Trinajstić information content (AvgIpc) is 3.19. The number of piperidine rings is 3. The van der Waals surface area contributed by atoms with Crippen molar-refractivity contribution < 1.29 is 39.8 Å². The number of methoxy groups -OCH3 is 1. The maximum absolute atomic E-state index is 11.2. The number of carbonyl (C=O) groups excluding carboxylic acids is 1. The molecule has 194 valence electrons. The lowest BCUT2D eigenvalue weighted by molar-refractivity contribution is -0.147. The second kappa shape index (κ2) is 10.8. The van der Waals surface area contributed by atoms with Crippen LogP contribution in [0.3, 0.4) is 0 Å². The lowest BCUT2D eigenvalue weighted by Gasteiger charge is -2.50. The Balaban J connectivity index is 0.000000214. The number of benzene rings is 1. The highest BCUT2D eigenvalue weighted by Gasteiger charge is 2.42. The number of ether oxygens (including phenoxy) is 2. The van der Waals surface area contributed by atoms with Crippen molar-refractivity contribution >= 4 is 16.9 Å². The molecule has 5 heterocycles. The monoisotopic (exact) mass is 500 g/mol. The van der Waals surface area contributed by atoms with E-state index in [2.05, 4.69) is 27.3 Å². The van der Waals surface area contributed by atoms with Gasteiger partial charge in [0.1, 0.15) is 11.9 Å². The lowest BCUT2D eigenvalue weighted by atomic mass is 9.73. The van der Waals surface area contributed by atoms with E-state index in [9.17, 15) is 9.90 Å². The Labute approximate surface area is 208 Å². The van der Waals surface area contributed by atoms with Gasteiger partial charge in [0.15, 0.2) is 11.9 Å². The quantitative estimate of drug-likeness (QED) is 0.293. The maximum Gasteiger partial charge on any atom is 0.377 e. The average molecular weight is 501 g/mol. The molecule has 0 spiro atoms. The molecular formula is C26H32N2O8. The standard InChI is InChI=1S/C20H24N2O2.C6H8O6/c1-3-13-12-22-9-7-14(13)10-19(22)20(23)16-6-8-21-18-5-4-15(24-2)11-17(16)18;7-1-2(8)5-3(9)4(10)6(11)12-5/h3-6,8,11,13-14,19-20,23H,1,7,9-10,12H2,2H3;2,5,7-10H,1H2/t13-,14-,19+,20-;2-,5+/m00/s1. The third-order valence-electron chi connectivity index (χ3n) is 7.30. The number of nitrogens with zero attached hydrogens (tertiary/aromatic N) is 2. The smallest absolute Gasteiger partial charge is 0.377 e. The Bertz CT molecular complexity index is 1150. The van der Waals surface area contributed by atoms with Gasteiger partial charge in [-0.1, -0.05) is 6.08 Å². The molecule has 1 aromatic heterocycles. The first kappa shape index (κ1) is 25.9. The predicted octanol–water partition coefficient (Wildman–Crippen LogP) is 1.77. The van der Waals surface area contributed by atoms with Crippen molar-refractivity contribution in [3.63, 3.8) is 0 Å². The number of carbonyl (C=O) groups is 1. The van der Waals surface area contributed by atoms with Crippen LogP contribution >= 0.6 is 0 Å². The summed E-state index contributed by atoms with van der Waals surface area (Å²) in [6, 6.07) is 7.96. The van der Waals surface area contributed by atoms with Gasteiger partial charge in [-0.05, 0) is 61.1 Å². The number of pyridine rings is 1. The minimum Gasteiger partial charge on any atom is -0.505 e. The van der Waals surface area contributed by atoms with Crippen molar-refractivity contribution in [2.45, 2.75) is 37.2 Å². The van der Waals surface area contributed by atoms with Crippen molar-refractivity contribution in [2.75, 3.05) is 26.8 Å². The van der Waals surface area contributed by atoms with E-state index in [0.29, 0.717) is 11.8 Å². The van der Waals surface area contributed by atoms with Crippen LogP contribution in [-0.4, -0.2) is 86.4 Å². The highest BCUT2D eigenvalue weighted by Crippen LogP contribution is 2.42. The van der Waals surface area contributed by atoms with E-state index in [4.69, 9.17) is 25.2 Å². The molecule has 5 N–H and O–H groups in total. The second-order valence-corrected chi connectivity index (χ2v) is 9.28. The largest absolute Gasteiger partial charge is 0.505 e. The highest BCUT2D eigenvalue weighted by molar-refractivity contribution is 5.89. The molecule has 10 heteroatoms. The van der Waals surface area contributed by atoms with Crippen molar-refractivity contribution in [1.29, 1.82) is 0 Å². The molecule has 1 unspecified atom stereocenters. The topological polar surface area (TPSA) is 153 Å². The predicted molar refractivity (Wildman–Crippen MR) is 130 cm³/mol. The zero-order valence-electron chi connectivity index (χ0n) is 20.0. The molecule has 7 atom stereocenters. The minimum atomic E-state index is -1.42. The fourth-order valence-electron chi connectivity index (χ4n) is 5.27. The first-order chi connectivity index (χ1) is 17.3. The van der Waals surface area contributed by atoms with Crippen molar-refractivity contribution in [2.24, 2.45) is 11.8 Å². The Kier molecular flexibility index (Phi) is 7.79. The van der Waals surface area contributed by atoms with Crippen LogP contribution in [-0.2, 0) is 9.53 Å². The van der Waals surface area contributed by atoms with Gasteiger partial charge in [-0.25, -0.2) is 4.79 Å². The zero-order chi connectivity index (χ0) is 26.0. The molecule has 2 aromatic rings. The van der Waals surface area contributed by atoms with Gasteiger partial charge in [-0.2, -0.15) is 0 Å². The Morgan fingerprint density at radius 2 is 2.08 bits per heavy atom. The molecule has 0 aliphatic carbocycles. The number of esters is 1. The Morgan fingerprint density at radius 3 is 2.67 bits per heavy atom. The molecular weight excluding hydrogens is 468 g/mol. The normalized spacial score (nSPS) is 28.8. The molecule has 3 saturated heterocycles.